The minimum atomic E-state index is -1.29. The summed E-state index contributed by atoms with van der Waals surface area (Å²) in [7, 11) is 0. The number of benzene rings is 1. The normalized spacial score (nSPS) is 23.3. The lowest BCUT2D eigenvalue weighted by molar-refractivity contribution is -0.141. The van der Waals surface area contributed by atoms with Crippen molar-refractivity contribution in [1.82, 2.24) is 5.32 Å². The lowest BCUT2D eigenvalue weighted by atomic mass is 9.99. The summed E-state index contributed by atoms with van der Waals surface area (Å²) in [5.41, 5.74) is -0.0653. The Morgan fingerprint density at radius 1 is 1.39 bits per heavy atom. The largest absolute Gasteiger partial charge is 0.481 e. The highest BCUT2D eigenvalue weighted by atomic mass is 79.9. The van der Waals surface area contributed by atoms with Crippen molar-refractivity contribution in [1.29, 1.82) is 0 Å². The maximum atomic E-state index is 13.8. The van der Waals surface area contributed by atoms with Gasteiger partial charge in [0.1, 0.15) is 5.82 Å². The van der Waals surface area contributed by atoms with Crippen molar-refractivity contribution in [2.45, 2.75) is 12.5 Å². The number of hydrogen-bond acceptors (Lipinski definition) is 2. The molecule has 0 spiro atoms. The maximum Gasteiger partial charge on any atom is 0.307 e. The minimum Gasteiger partial charge on any atom is -0.481 e. The smallest absolute Gasteiger partial charge is 0.307 e. The second kappa shape index (κ2) is 4.89. The first-order chi connectivity index (χ1) is 8.41. The van der Waals surface area contributed by atoms with Gasteiger partial charge in [0.2, 0.25) is 0 Å². The molecule has 0 aromatic heterocycles. The average Bonchev–Trinajstić information content (AvgIpc) is 2.80. The van der Waals surface area contributed by atoms with Crippen LogP contribution in [-0.2, 0) is 4.79 Å². The van der Waals surface area contributed by atoms with E-state index < -0.39 is 39.9 Å². The average molecular weight is 324 g/mol. The maximum absolute atomic E-state index is 13.8. The number of rotatable bonds is 2. The lowest BCUT2D eigenvalue weighted by Gasteiger charge is -2.13. The van der Waals surface area contributed by atoms with Gasteiger partial charge in [0.25, 0.3) is 0 Å². The van der Waals surface area contributed by atoms with E-state index in [1.807, 2.05) is 0 Å². The van der Waals surface area contributed by atoms with Gasteiger partial charge in [-0.25, -0.2) is 13.2 Å². The summed E-state index contributed by atoms with van der Waals surface area (Å²) in [6.45, 7) is 0.177. The Morgan fingerprint density at radius 2 is 2.06 bits per heavy atom. The van der Waals surface area contributed by atoms with E-state index in [0.29, 0.717) is 0 Å². The van der Waals surface area contributed by atoms with E-state index in [1.54, 1.807) is 0 Å². The van der Waals surface area contributed by atoms with E-state index in [0.717, 1.165) is 6.07 Å². The molecule has 98 valence electrons. The molecule has 2 unspecified atom stereocenters. The van der Waals surface area contributed by atoms with Crippen LogP contribution in [0.4, 0.5) is 13.2 Å². The third kappa shape index (κ3) is 2.24. The van der Waals surface area contributed by atoms with E-state index >= 15 is 0 Å². The zero-order valence-electron chi connectivity index (χ0n) is 9.01. The molecule has 18 heavy (non-hydrogen) atoms. The van der Waals surface area contributed by atoms with Gasteiger partial charge in [-0.3, -0.25) is 4.79 Å². The van der Waals surface area contributed by atoms with Gasteiger partial charge in [-0.15, -0.1) is 0 Å². The highest BCUT2D eigenvalue weighted by Crippen LogP contribution is 2.33. The zero-order chi connectivity index (χ0) is 13.4. The second-order valence-corrected chi connectivity index (χ2v) is 4.91. The van der Waals surface area contributed by atoms with Crippen molar-refractivity contribution in [3.63, 3.8) is 0 Å². The first-order valence-corrected chi connectivity index (χ1v) is 6.00. The van der Waals surface area contributed by atoms with Gasteiger partial charge in [0.15, 0.2) is 11.6 Å². The molecule has 2 atom stereocenters. The van der Waals surface area contributed by atoms with Gasteiger partial charge in [-0.2, -0.15) is 0 Å². The molecule has 7 heteroatoms. The summed E-state index contributed by atoms with van der Waals surface area (Å²) in [4.78, 5) is 10.8. The van der Waals surface area contributed by atoms with Gasteiger partial charge in [0, 0.05) is 18.2 Å². The van der Waals surface area contributed by atoms with Gasteiger partial charge < -0.3 is 10.4 Å². The van der Waals surface area contributed by atoms with Crippen LogP contribution in [0, 0.1) is 23.4 Å². The Balaban J connectivity index is 2.33. The van der Waals surface area contributed by atoms with Gasteiger partial charge in [-0.1, -0.05) is 0 Å². The number of carboxylic acids is 1. The topological polar surface area (TPSA) is 49.3 Å². The Labute approximate surface area is 109 Å². The fourth-order valence-corrected chi connectivity index (χ4v) is 2.42. The van der Waals surface area contributed by atoms with Crippen molar-refractivity contribution in [2.24, 2.45) is 5.92 Å². The molecular weight excluding hydrogens is 315 g/mol. The highest BCUT2D eigenvalue weighted by molar-refractivity contribution is 9.10. The van der Waals surface area contributed by atoms with Crippen LogP contribution >= 0.6 is 15.9 Å². The van der Waals surface area contributed by atoms with Crippen molar-refractivity contribution in [3.8, 4) is 0 Å². The summed E-state index contributed by atoms with van der Waals surface area (Å²) in [6.07, 6.45) is 0.143. The number of aliphatic carboxylic acids is 1. The van der Waals surface area contributed by atoms with Crippen molar-refractivity contribution in [3.05, 3.63) is 33.6 Å². The van der Waals surface area contributed by atoms with Gasteiger partial charge in [-0.05, 0) is 28.4 Å². The third-order valence-electron chi connectivity index (χ3n) is 2.99. The summed E-state index contributed by atoms with van der Waals surface area (Å²) >= 11 is 2.64. The predicted octanol–water partition coefficient (Wildman–Crippen LogP) is 2.60. The summed E-state index contributed by atoms with van der Waals surface area (Å²) in [5.74, 6) is -5.01. The Morgan fingerprint density at radius 3 is 2.61 bits per heavy atom. The molecule has 1 aliphatic heterocycles. The highest BCUT2D eigenvalue weighted by Gasteiger charge is 2.33. The number of carbonyl (C=O) groups is 1. The zero-order valence-corrected chi connectivity index (χ0v) is 10.6. The molecule has 1 aliphatic rings. The fraction of sp³-hybridized carbons (Fsp3) is 0.364. The molecule has 2 rings (SSSR count). The molecule has 3 nitrogen and oxygen atoms in total. The first kappa shape index (κ1) is 13.4. The van der Waals surface area contributed by atoms with E-state index in [9.17, 15) is 18.0 Å². The molecule has 0 saturated carbocycles. The number of halogens is 4. The number of nitrogens with one attached hydrogen (secondary N) is 1. The van der Waals surface area contributed by atoms with Crippen LogP contribution in [0.2, 0.25) is 0 Å². The molecule has 0 radical (unpaired) electrons. The van der Waals surface area contributed by atoms with Crippen LogP contribution in [0.1, 0.15) is 18.0 Å². The minimum absolute atomic E-state index is 0.0653. The molecular formula is C11H9BrF3NO2. The lowest BCUT2D eigenvalue weighted by Crippen LogP contribution is -2.18. The van der Waals surface area contributed by atoms with Crippen LogP contribution in [-0.4, -0.2) is 17.6 Å². The van der Waals surface area contributed by atoms with Crippen molar-refractivity contribution >= 4 is 21.9 Å². The first-order valence-electron chi connectivity index (χ1n) is 5.21. The molecule has 0 amide bonds. The van der Waals surface area contributed by atoms with Gasteiger partial charge >= 0.3 is 5.97 Å². The van der Waals surface area contributed by atoms with E-state index in [-0.39, 0.29) is 18.5 Å². The molecule has 0 aliphatic carbocycles. The molecule has 1 fully saturated rings. The third-order valence-corrected chi connectivity index (χ3v) is 3.68. The molecule has 1 aromatic carbocycles. The molecule has 0 bridgehead atoms. The Bertz CT molecular complexity index is 510. The summed E-state index contributed by atoms with van der Waals surface area (Å²) in [6, 6.07) is 0.134. The standard InChI is InChI=1S/C11H9BrF3NO2/c12-8-9(14)5(2-6(13)10(8)15)7-1-4(3-16-7)11(17)18/h2,4,7,16H,1,3H2,(H,17,18). The second-order valence-electron chi connectivity index (χ2n) is 4.12. The molecule has 1 saturated heterocycles. The van der Waals surface area contributed by atoms with Gasteiger partial charge in [0.05, 0.1) is 10.4 Å². The van der Waals surface area contributed by atoms with Crippen molar-refractivity contribution in [2.75, 3.05) is 6.54 Å². The fourth-order valence-electron chi connectivity index (χ4n) is 2.01. The Kier molecular flexibility index (Phi) is 3.63. The SMILES string of the molecule is O=C(O)C1CNC(c2cc(F)c(F)c(Br)c2F)C1. The van der Waals surface area contributed by atoms with Crippen LogP contribution in [0.3, 0.4) is 0 Å². The quantitative estimate of drug-likeness (QED) is 0.649. The van der Waals surface area contributed by atoms with E-state index in [4.69, 9.17) is 5.11 Å². The van der Waals surface area contributed by atoms with Crippen LogP contribution in [0.25, 0.3) is 0 Å². The molecule has 1 aromatic rings. The monoisotopic (exact) mass is 323 g/mol. The Hall–Kier alpha value is -1.08. The predicted molar refractivity (Wildman–Crippen MR) is 60.5 cm³/mol. The van der Waals surface area contributed by atoms with E-state index in [2.05, 4.69) is 21.2 Å². The number of hydrogen-bond donors (Lipinski definition) is 2. The summed E-state index contributed by atoms with van der Waals surface area (Å²) in [5, 5.41) is 11.6. The number of carboxylic acid groups (broad SMARTS) is 1. The van der Waals surface area contributed by atoms with Crippen LogP contribution in [0.5, 0.6) is 0 Å². The van der Waals surface area contributed by atoms with Crippen molar-refractivity contribution < 1.29 is 23.1 Å². The van der Waals surface area contributed by atoms with Crippen LogP contribution < -0.4 is 5.32 Å². The van der Waals surface area contributed by atoms with E-state index in [1.165, 1.54) is 0 Å². The summed E-state index contributed by atoms with van der Waals surface area (Å²) < 4.78 is 39.5. The van der Waals surface area contributed by atoms with Crippen LogP contribution in [0.15, 0.2) is 10.5 Å². The molecule has 1 heterocycles. The molecule has 2 N–H and O–H groups in total.